The van der Waals surface area contributed by atoms with Crippen LogP contribution >= 0.6 is 0 Å². The zero-order valence-electron chi connectivity index (χ0n) is 61.5. The van der Waals surface area contributed by atoms with Crippen molar-refractivity contribution in [1.29, 1.82) is 0 Å². The molecule has 15 aromatic carbocycles. The Balaban J connectivity index is 0.000000104. The normalized spacial score (nSPS) is 13.7. The molecule has 8 heteroatoms. The van der Waals surface area contributed by atoms with Crippen LogP contribution in [0.2, 0.25) is 0 Å². The molecule has 5 aliphatic heterocycles. The van der Waals surface area contributed by atoms with Crippen LogP contribution in [0, 0.1) is 0 Å². The number of rotatable bonds is 5. The highest BCUT2D eigenvalue weighted by molar-refractivity contribution is 5.99. The van der Waals surface area contributed by atoms with Crippen LogP contribution < -0.4 is 39.0 Å². The van der Waals surface area contributed by atoms with Gasteiger partial charge < -0.3 is 39.0 Å². The molecule has 0 amide bonds. The maximum Gasteiger partial charge on any atom is 0.151 e. The molecule has 107 heavy (non-hydrogen) atoms. The van der Waals surface area contributed by atoms with Crippen molar-refractivity contribution in [2.24, 2.45) is 0 Å². The van der Waals surface area contributed by atoms with Crippen LogP contribution in [0.5, 0.6) is 11.5 Å². The molecule has 5 aliphatic rings. The molecule has 8 nitrogen and oxygen atoms in total. The molecule has 522 valence electrons. The molecule has 0 radical (unpaired) electrons. The molecule has 0 fully saturated rings. The summed E-state index contributed by atoms with van der Waals surface area (Å²) in [6.45, 7) is 4.61. The average molecular weight is 1390 g/mol. The number of benzene rings is 15. The first-order valence-electron chi connectivity index (χ1n) is 36.7. The first-order valence-corrected chi connectivity index (χ1v) is 36.7. The van der Waals surface area contributed by atoms with Gasteiger partial charge in [-0.2, -0.15) is 0 Å². The van der Waals surface area contributed by atoms with Crippen molar-refractivity contribution in [3.05, 3.63) is 422 Å². The van der Waals surface area contributed by atoms with E-state index in [1.807, 2.05) is 36.4 Å². The van der Waals surface area contributed by atoms with E-state index < -0.39 is 0 Å². The predicted molar refractivity (Wildman–Crippen MR) is 451 cm³/mol. The summed E-state index contributed by atoms with van der Waals surface area (Å²) in [5.74, 6) is 1.83. The van der Waals surface area contributed by atoms with Gasteiger partial charge in [0.05, 0.1) is 62.3 Å². The standard InChI is InChI=1S/C26H21N.C25H20N2.C19H16N2.C16H17N.C13H11NO/c1-27-24-18-10-8-16-22(24)26(20-12-4-2-5-13-20,21-14-6-3-7-15-21)23-17-9-11-19-25(23)27;1-26-22-11-5-7-13-24(22)27(25-14-8-6-12-23(25)26)21-17-15-20(16-18-21)19-9-3-2-4-10-19;1-20-16-11-5-7-13-18(16)21(15-9-3-2-4-10-15)19-14-8-6-12-17(19)20;1-16(2)12-8-4-6-10-14(12)17(3)15-11-7-5-9-13(15)16;1-14-10-6-2-4-8-12(10)15-13-9-5-3-7-11(13)14/h2-19H,1H3;2-18H,1H3;2-14H,1H3;4-11H,1-3H3;2-9H,1H3. The summed E-state index contributed by atoms with van der Waals surface area (Å²) in [6.07, 6.45) is 0. The van der Waals surface area contributed by atoms with Crippen LogP contribution in [-0.4, -0.2) is 35.2 Å². The van der Waals surface area contributed by atoms with E-state index in [1.165, 1.54) is 124 Å². The molecule has 20 rings (SSSR count). The molecule has 0 N–H and O–H groups in total. The van der Waals surface area contributed by atoms with Gasteiger partial charge >= 0.3 is 0 Å². The Kier molecular flexibility index (Phi) is 18.8. The van der Waals surface area contributed by atoms with Crippen molar-refractivity contribution in [2.45, 2.75) is 24.7 Å². The van der Waals surface area contributed by atoms with Gasteiger partial charge in [-0.15, -0.1) is 0 Å². The number of hydrogen-bond donors (Lipinski definition) is 0. The first-order chi connectivity index (χ1) is 52.5. The zero-order valence-corrected chi connectivity index (χ0v) is 61.5. The summed E-state index contributed by atoms with van der Waals surface area (Å²) in [4.78, 5) is 15.9. The van der Waals surface area contributed by atoms with E-state index in [1.54, 1.807) is 0 Å². The van der Waals surface area contributed by atoms with Gasteiger partial charge in [-0.3, -0.25) is 0 Å². The Hall–Kier alpha value is -13.3. The minimum absolute atomic E-state index is 0.0830. The smallest absolute Gasteiger partial charge is 0.151 e. The van der Waals surface area contributed by atoms with Crippen molar-refractivity contribution < 1.29 is 4.74 Å². The maximum absolute atomic E-state index is 5.81. The third-order valence-corrected chi connectivity index (χ3v) is 21.5. The molecule has 0 saturated carbocycles. The van der Waals surface area contributed by atoms with Gasteiger partial charge in [0.2, 0.25) is 0 Å². The Morgan fingerprint density at radius 3 is 0.794 bits per heavy atom. The van der Waals surface area contributed by atoms with Crippen LogP contribution in [-0.2, 0) is 10.8 Å². The number of ether oxygens (including phenoxy) is 1. The van der Waals surface area contributed by atoms with Gasteiger partial charge in [-0.1, -0.05) is 281 Å². The van der Waals surface area contributed by atoms with E-state index in [-0.39, 0.29) is 10.8 Å². The van der Waals surface area contributed by atoms with E-state index >= 15 is 0 Å². The second kappa shape index (κ2) is 29.4. The van der Waals surface area contributed by atoms with Crippen molar-refractivity contribution in [1.82, 2.24) is 0 Å². The van der Waals surface area contributed by atoms with E-state index in [2.05, 4.69) is 435 Å². The predicted octanol–water partition coefficient (Wildman–Crippen LogP) is 25.9. The molecule has 0 spiro atoms. The number of nitrogens with zero attached hydrogens (tertiary/aromatic N) is 7. The SMILES string of the molecule is CN1c2ccccc2C(C)(C)c2ccccc21.CN1c2ccccc2C(c2ccccc2)(c2ccccc2)c2ccccc21.CN1c2ccccc2N(c2ccc(-c3ccccc3)cc2)c2ccccc21.CN1c2ccccc2N(c2ccccc2)c2ccccc21.CN1c2ccccc2Oc2ccccc21. The molecular formula is C99H85N7O. The van der Waals surface area contributed by atoms with E-state index in [0.29, 0.717) is 0 Å². The van der Waals surface area contributed by atoms with E-state index in [4.69, 9.17) is 4.74 Å². The summed E-state index contributed by atoms with van der Waals surface area (Å²) in [7, 11) is 10.6. The molecule has 0 aromatic heterocycles. The second-order valence-electron chi connectivity index (χ2n) is 27.9. The first kappa shape index (κ1) is 68.1. The van der Waals surface area contributed by atoms with Crippen LogP contribution in [0.25, 0.3) is 11.1 Å². The fourth-order valence-corrected chi connectivity index (χ4v) is 16.2. The maximum atomic E-state index is 5.81. The molecule has 0 aliphatic carbocycles. The van der Waals surface area contributed by atoms with E-state index in [9.17, 15) is 0 Å². The summed E-state index contributed by atoms with van der Waals surface area (Å²) >= 11 is 0. The number of para-hydroxylation sites is 17. The molecule has 0 atom stereocenters. The van der Waals surface area contributed by atoms with Crippen LogP contribution in [0.4, 0.5) is 91.0 Å². The topological polar surface area (TPSA) is 31.9 Å². The van der Waals surface area contributed by atoms with Gasteiger partial charge in [-0.25, -0.2) is 0 Å². The van der Waals surface area contributed by atoms with Crippen molar-refractivity contribution >= 4 is 91.0 Å². The quantitative estimate of drug-likeness (QED) is 0.169. The number of fused-ring (bicyclic) bond motifs is 10. The third kappa shape index (κ3) is 12.5. The van der Waals surface area contributed by atoms with E-state index in [0.717, 1.165) is 22.9 Å². The monoisotopic (exact) mass is 1390 g/mol. The highest BCUT2D eigenvalue weighted by Gasteiger charge is 2.45. The van der Waals surface area contributed by atoms with Crippen molar-refractivity contribution in [2.75, 3.05) is 69.5 Å². The van der Waals surface area contributed by atoms with Crippen LogP contribution in [0.1, 0.15) is 47.2 Å². The second-order valence-corrected chi connectivity index (χ2v) is 27.9. The Labute approximate surface area is 630 Å². The lowest BCUT2D eigenvalue weighted by atomic mass is 9.62. The summed E-state index contributed by atoms with van der Waals surface area (Å²) in [6, 6.07) is 137. The lowest BCUT2D eigenvalue weighted by Crippen LogP contribution is -2.37. The largest absolute Gasteiger partial charge is 0.453 e. The van der Waals surface area contributed by atoms with Gasteiger partial charge in [0.15, 0.2) is 11.5 Å². The molecular weight excluding hydrogens is 1300 g/mol. The fraction of sp³-hybridized carbons (Fsp3) is 0.0909. The van der Waals surface area contributed by atoms with Gasteiger partial charge in [0, 0.05) is 74.8 Å². The molecule has 0 unspecified atom stereocenters. The summed E-state index contributed by atoms with van der Waals surface area (Å²) in [5.41, 5.74) is 29.7. The Morgan fingerprint density at radius 2 is 0.430 bits per heavy atom. The fourth-order valence-electron chi connectivity index (χ4n) is 16.2. The Bertz CT molecular complexity index is 5330. The third-order valence-electron chi connectivity index (χ3n) is 21.5. The number of hydrogen-bond acceptors (Lipinski definition) is 8. The number of anilines is 16. The van der Waals surface area contributed by atoms with Gasteiger partial charge in [0.25, 0.3) is 0 Å². The van der Waals surface area contributed by atoms with Gasteiger partial charge in [-0.05, 0) is 166 Å². The highest BCUT2D eigenvalue weighted by Crippen LogP contribution is 2.57. The summed E-state index contributed by atoms with van der Waals surface area (Å²) < 4.78 is 5.81. The lowest BCUT2D eigenvalue weighted by Gasteiger charge is -2.45. The van der Waals surface area contributed by atoms with Crippen LogP contribution in [0.3, 0.4) is 0 Å². The highest BCUT2D eigenvalue weighted by atomic mass is 16.5. The molecule has 0 bridgehead atoms. The molecule has 15 aromatic rings. The van der Waals surface area contributed by atoms with Gasteiger partial charge in [0.1, 0.15) is 0 Å². The molecule has 0 saturated heterocycles. The minimum atomic E-state index is -0.331. The zero-order chi connectivity index (χ0) is 73.0. The molecule has 5 heterocycles. The Morgan fingerprint density at radius 1 is 0.196 bits per heavy atom. The minimum Gasteiger partial charge on any atom is -0.453 e. The lowest BCUT2D eigenvalue weighted by molar-refractivity contribution is 0.475. The van der Waals surface area contributed by atoms with Crippen LogP contribution in [0.15, 0.2) is 388 Å². The summed E-state index contributed by atoms with van der Waals surface area (Å²) in [5, 5.41) is 0. The van der Waals surface area contributed by atoms with Crippen molar-refractivity contribution in [3.63, 3.8) is 0 Å². The van der Waals surface area contributed by atoms with Crippen molar-refractivity contribution in [3.8, 4) is 22.6 Å². The average Bonchev–Trinajstić information content (AvgIpc) is 0.701.